The van der Waals surface area contributed by atoms with Crippen molar-refractivity contribution in [3.63, 3.8) is 0 Å². The molecule has 0 fully saturated rings. The standard InChI is InChI=1S/C18H18ClN3O4S/c1-11(23)21-18-22-14-4-3-12(8-16(14)27-18)13-7-15(17(19)20-9-13)26-10-25-6-5-24-2/h3-4,7-9H,5-6,10H2,1-2H3,(H,21,22,23). The fourth-order valence-corrected chi connectivity index (χ4v) is 3.41. The minimum atomic E-state index is -0.148. The lowest BCUT2D eigenvalue weighted by atomic mass is 10.1. The number of halogens is 1. The van der Waals surface area contributed by atoms with Crippen LogP contribution in [0.2, 0.25) is 5.15 Å². The third kappa shape index (κ3) is 5.14. The number of nitrogens with zero attached hydrogens (tertiary/aromatic N) is 2. The second kappa shape index (κ2) is 9.09. The number of anilines is 1. The number of fused-ring (bicyclic) bond motifs is 1. The van der Waals surface area contributed by atoms with Gasteiger partial charge in [0.05, 0.1) is 23.4 Å². The molecule has 0 unspecified atom stereocenters. The highest BCUT2D eigenvalue weighted by atomic mass is 35.5. The first kappa shape index (κ1) is 19.5. The molecular formula is C18H18ClN3O4S. The number of ether oxygens (including phenoxy) is 3. The third-order valence-electron chi connectivity index (χ3n) is 3.54. The summed E-state index contributed by atoms with van der Waals surface area (Å²) in [6.45, 7) is 2.43. The summed E-state index contributed by atoms with van der Waals surface area (Å²) in [6.07, 6.45) is 1.68. The zero-order valence-electron chi connectivity index (χ0n) is 14.8. The molecule has 0 bridgehead atoms. The molecule has 9 heteroatoms. The van der Waals surface area contributed by atoms with Gasteiger partial charge >= 0.3 is 0 Å². The van der Waals surface area contributed by atoms with Gasteiger partial charge in [-0.3, -0.25) is 4.79 Å². The smallest absolute Gasteiger partial charge is 0.223 e. The second-order valence-corrected chi connectivity index (χ2v) is 6.95. The predicted octanol–water partition coefficient (Wildman–Crippen LogP) is 3.97. The molecule has 0 aliphatic rings. The van der Waals surface area contributed by atoms with Crippen LogP contribution in [0.5, 0.6) is 5.75 Å². The van der Waals surface area contributed by atoms with E-state index in [1.807, 2.05) is 24.3 Å². The summed E-state index contributed by atoms with van der Waals surface area (Å²) in [5, 5.41) is 3.54. The van der Waals surface area contributed by atoms with Crippen molar-refractivity contribution in [2.45, 2.75) is 6.92 Å². The molecule has 0 atom stereocenters. The van der Waals surface area contributed by atoms with Gasteiger partial charge in [-0.15, -0.1) is 0 Å². The lowest BCUT2D eigenvalue weighted by molar-refractivity contribution is -0.114. The molecule has 0 saturated carbocycles. The molecule has 142 valence electrons. The molecule has 27 heavy (non-hydrogen) atoms. The van der Waals surface area contributed by atoms with Gasteiger partial charge in [0, 0.05) is 25.8 Å². The Morgan fingerprint density at radius 3 is 2.89 bits per heavy atom. The predicted molar refractivity (Wildman–Crippen MR) is 105 cm³/mol. The Labute approximate surface area is 165 Å². The highest BCUT2D eigenvalue weighted by Gasteiger charge is 2.10. The molecule has 3 aromatic rings. The van der Waals surface area contributed by atoms with Gasteiger partial charge in [-0.25, -0.2) is 9.97 Å². The minimum Gasteiger partial charge on any atom is -0.464 e. The lowest BCUT2D eigenvalue weighted by Gasteiger charge is -2.10. The molecule has 2 aromatic heterocycles. The summed E-state index contributed by atoms with van der Waals surface area (Å²) < 4.78 is 16.7. The van der Waals surface area contributed by atoms with Crippen molar-refractivity contribution in [1.29, 1.82) is 0 Å². The summed E-state index contributed by atoms with van der Waals surface area (Å²) in [5.74, 6) is 0.292. The van der Waals surface area contributed by atoms with E-state index in [-0.39, 0.29) is 17.9 Å². The fourth-order valence-electron chi connectivity index (χ4n) is 2.30. The van der Waals surface area contributed by atoms with Crippen molar-refractivity contribution in [2.75, 3.05) is 32.4 Å². The molecule has 0 aliphatic heterocycles. The van der Waals surface area contributed by atoms with Gasteiger partial charge in [0.15, 0.2) is 22.8 Å². The summed E-state index contributed by atoms with van der Waals surface area (Å²) >= 11 is 7.52. The van der Waals surface area contributed by atoms with Crippen LogP contribution in [-0.4, -0.2) is 43.0 Å². The van der Waals surface area contributed by atoms with Crippen LogP contribution in [0.1, 0.15) is 6.92 Å². The highest BCUT2D eigenvalue weighted by Crippen LogP contribution is 2.33. The van der Waals surface area contributed by atoms with Crippen LogP contribution in [0.15, 0.2) is 30.5 Å². The Kier molecular flexibility index (Phi) is 6.57. The number of carbonyl (C=O) groups is 1. The molecule has 1 N–H and O–H groups in total. The molecule has 0 aliphatic carbocycles. The van der Waals surface area contributed by atoms with E-state index in [0.29, 0.717) is 24.1 Å². The number of methoxy groups -OCH3 is 1. The first-order chi connectivity index (χ1) is 13.1. The maximum Gasteiger partial charge on any atom is 0.223 e. The zero-order chi connectivity index (χ0) is 19.2. The number of benzene rings is 1. The van der Waals surface area contributed by atoms with Crippen LogP contribution in [0, 0.1) is 0 Å². The summed E-state index contributed by atoms with van der Waals surface area (Å²) in [4.78, 5) is 19.8. The molecule has 0 spiro atoms. The molecule has 2 heterocycles. The Morgan fingerprint density at radius 1 is 1.26 bits per heavy atom. The Morgan fingerprint density at radius 2 is 2.11 bits per heavy atom. The average Bonchev–Trinajstić information content (AvgIpc) is 3.03. The van der Waals surface area contributed by atoms with Gasteiger partial charge in [-0.1, -0.05) is 29.0 Å². The van der Waals surface area contributed by atoms with Crippen LogP contribution < -0.4 is 10.1 Å². The van der Waals surface area contributed by atoms with Gasteiger partial charge in [0.2, 0.25) is 5.91 Å². The van der Waals surface area contributed by atoms with Crippen molar-refractivity contribution >= 4 is 44.2 Å². The van der Waals surface area contributed by atoms with E-state index in [1.165, 1.54) is 18.3 Å². The molecule has 0 saturated heterocycles. The van der Waals surface area contributed by atoms with E-state index in [1.54, 1.807) is 13.3 Å². The van der Waals surface area contributed by atoms with Crippen LogP contribution >= 0.6 is 22.9 Å². The highest BCUT2D eigenvalue weighted by molar-refractivity contribution is 7.22. The van der Waals surface area contributed by atoms with Gasteiger partial charge in [0.1, 0.15) is 0 Å². The van der Waals surface area contributed by atoms with E-state index >= 15 is 0 Å². The fraction of sp³-hybridized carbons (Fsp3) is 0.278. The number of pyridine rings is 1. The van der Waals surface area contributed by atoms with E-state index in [9.17, 15) is 4.79 Å². The number of aromatic nitrogens is 2. The quantitative estimate of drug-likeness (QED) is 0.345. The number of nitrogens with one attached hydrogen (secondary N) is 1. The second-order valence-electron chi connectivity index (χ2n) is 5.56. The summed E-state index contributed by atoms with van der Waals surface area (Å²) in [5.41, 5.74) is 2.61. The van der Waals surface area contributed by atoms with Crippen LogP contribution in [0.3, 0.4) is 0 Å². The number of amides is 1. The van der Waals surface area contributed by atoms with E-state index < -0.39 is 0 Å². The van der Waals surface area contributed by atoms with Crippen molar-refractivity contribution in [1.82, 2.24) is 9.97 Å². The van der Waals surface area contributed by atoms with Gasteiger partial charge in [-0.2, -0.15) is 0 Å². The number of carbonyl (C=O) groups excluding carboxylic acids is 1. The molecule has 1 aromatic carbocycles. The van der Waals surface area contributed by atoms with E-state index in [4.69, 9.17) is 25.8 Å². The SMILES string of the molecule is COCCOCOc1cc(-c2ccc3nc(NC(C)=O)sc3c2)cnc1Cl. The number of rotatable bonds is 8. The zero-order valence-corrected chi connectivity index (χ0v) is 16.4. The lowest BCUT2D eigenvalue weighted by Crippen LogP contribution is -2.08. The Hall–Kier alpha value is -2.26. The van der Waals surface area contributed by atoms with Gasteiger partial charge < -0.3 is 19.5 Å². The monoisotopic (exact) mass is 407 g/mol. The number of hydrogen-bond donors (Lipinski definition) is 1. The maximum atomic E-state index is 11.2. The van der Waals surface area contributed by atoms with Crippen molar-refractivity contribution in [3.05, 3.63) is 35.6 Å². The van der Waals surface area contributed by atoms with E-state index in [0.717, 1.165) is 21.3 Å². The average molecular weight is 408 g/mol. The van der Waals surface area contributed by atoms with Gasteiger partial charge in [0.25, 0.3) is 0 Å². The topological polar surface area (TPSA) is 82.6 Å². The first-order valence-corrected chi connectivity index (χ1v) is 9.30. The summed E-state index contributed by atoms with van der Waals surface area (Å²) in [6, 6.07) is 7.63. The van der Waals surface area contributed by atoms with Crippen molar-refractivity contribution in [3.8, 4) is 16.9 Å². The minimum absolute atomic E-state index is 0.0577. The number of hydrogen-bond acceptors (Lipinski definition) is 7. The van der Waals surface area contributed by atoms with Crippen LogP contribution in [-0.2, 0) is 14.3 Å². The van der Waals surface area contributed by atoms with Crippen molar-refractivity contribution < 1.29 is 19.0 Å². The molecular weight excluding hydrogens is 390 g/mol. The molecule has 0 radical (unpaired) electrons. The number of thiazole rings is 1. The largest absolute Gasteiger partial charge is 0.464 e. The molecule has 7 nitrogen and oxygen atoms in total. The first-order valence-electron chi connectivity index (χ1n) is 8.10. The maximum absolute atomic E-state index is 11.2. The normalized spacial score (nSPS) is 10.9. The van der Waals surface area contributed by atoms with Crippen molar-refractivity contribution in [2.24, 2.45) is 0 Å². The van der Waals surface area contributed by atoms with E-state index in [2.05, 4.69) is 15.3 Å². The summed E-state index contributed by atoms with van der Waals surface area (Å²) in [7, 11) is 1.60. The molecule has 1 amide bonds. The van der Waals surface area contributed by atoms with Crippen LogP contribution in [0.25, 0.3) is 21.3 Å². The third-order valence-corrected chi connectivity index (χ3v) is 4.76. The Balaban J connectivity index is 1.78. The van der Waals surface area contributed by atoms with Crippen LogP contribution in [0.4, 0.5) is 5.13 Å². The molecule has 3 rings (SSSR count). The Bertz CT molecular complexity index is 948. The van der Waals surface area contributed by atoms with Gasteiger partial charge in [-0.05, 0) is 23.8 Å².